The molecular formula is C10H17ClN4. The second-order valence-electron chi connectivity index (χ2n) is 4.17. The molecule has 1 saturated carbocycles. The highest BCUT2D eigenvalue weighted by Gasteiger charge is 2.17. The van der Waals surface area contributed by atoms with Gasteiger partial charge in [0.1, 0.15) is 0 Å². The number of alkyl halides is 1. The molecule has 1 aliphatic rings. The van der Waals surface area contributed by atoms with Crippen LogP contribution in [0.5, 0.6) is 0 Å². The van der Waals surface area contributed by atoms with Crippen molar-refractivity contribution in [2.75, 3.05) is 0 Å². The van der Waals surface area contributed by atoms with Gasteiger partial charge in [0.15, 0.2) is 5.82 Å². The zero-order valence-corrected chi connectivity index (χ0v) is 9.66. The molecule has 1 fully saturated rings. The fourth-order valence-electron chi connectivity index (χ4n) is 2.26. The number of rotatable bonds is 2. The standard InChI is InChI=1S/C10H17ClN4/c11-8-10-12-13-14-15(10)9-6-4-2-1-3-5-7-9/h9H,1-8H2. The Morgan fingerprint density at radius 1 is 1.13 bits per heavy atom. The van der Waals surface area contributed by atoms with Crippen molar-refractivity contribution in [3.05, 3.63) is 5.82 Å². The van der Waals surface area contributed by atoms with E-state index in [1.165, 1.54) is 44.9 Å². The van der Waals surface area contributed by atoms with E-state index in [1.807, 2.05) is 4.68 Å². The monoisotopic (exact) mass is 228 g/mol. The molecule has 5 heteroatoms. The third-order valence-corrected chi connectivity index (χ3v) is 3.34. The smallest absolute Gasteiger partial charge is 0.166 e. The summed E-state index contributed by atoms with van der Waals surface area (Å²) in [6, 6.07) is 0.467. The summed E-state index contributed by atoms with van der Waals surface area (Å²) in [7, 11) is 0. The van der Waals surface area contributed by atoms with Crippen molar-refractivity contribution in [1.29, 1.82) is 0 Å². The van der Waals surface area contributed by atoms with Crippen LogP contribution in [0.3, 0.4) is 0 Å². The van der Waals surface area contributed by atoms with Gasteiger partial charge >= 0.3 is 0 Å². The molecule has 1 heterocycles. The van der Waals surface area contributed by atoms with Gasteiger partial charge in [-0.15, -0.1) is 16.7 Å². The minimum atomic E-state index is 0.406. The van der Waals surface area contributed by atoms with Crippen molar-refractivity contribution in [1.82, 2.24) is 20.2 Å². The Labute approximate surface area is 95.0 Å². The lowest BCUT2D eigenvalue weighted by molar-refractivity contribution is 0.336. The van der Waals surface area contributed by atoms with Crippen LogP contribution in [0, 0.1) is 0 Å². The summed E-state index contributed by atoms with van der Waals surface area (Å²) < 4.78 is 1.93. The van der Waals surface area contributed by atoms with Crippen molar-refractivity contribution in [3.8, 4) is 0 Å². The fourth-order valence-corrected chi connectivity index (χ4v) is 2.44. The maximum Gasteiger partial charge on any atom is 0.166 e. The molecule has 0 N–H and O–H groups in total. The van der Waals surface area contributed by atoms with Crippen molar-refractivity contribution < 1.29 is 0 Å². The van der Waals surface area contributed by atoms with Crippen LogP contribution < -0.4 is 0 Å². The van der Waals surface area contributed by atoms with Crippen molar-refractivity contribution in [2.45, 2.75) is 56.9 Å². The molecule has 0 atom stereocenters. The van der Waals surface area contributed by atoms with Gasteiger partial charge in [-0.3, -0.25) is 0 Å². The second kappa shape index (κ2) is 5.45. The van der Waals surface area contributed by atoms with Gasteiger partial charge < -0.3 is 0 Å². The van der Waals surface area contributed by atoms with Crippen molar-refractivity contribution in [2.24, 2.45) is 0 Å². The van der Waals surface area contributed by atoms with E-state index < -0.39 is 0 Å². The van der Waals surface area contributed by atoms with E-state index in [0.717, 1.165) is 5.82 Å². The molecule has 2 rings (SSSR count). The Bertz CT molecular complexity index is 291. The fraction of sp³-hybridized carbons (Fsp3) is 0.900. The largest absolute Gasteiger partial charge is 0.225 e. The highest BCUT2D eigenvalue weighted by Crippen LogP contribution is 2.26. The molecule has 0 amide bonds. The lowest BCUT2D eigenvalue weighted by Crippen LogP contribution is -2.15. The van der Waals surface area contributed by atoms with Gasteiger partial charge in [-0.05, 0) is 23.3 Å². The molecule has 0 saturated heterocycles. The molecule has 0 radical (unpaired) electrons. The predicted molar refractivity (Wildman–Crippen MR) is 58.7 cm³/mol. The van der Waals surface area contributed by atoms with Crippen molar-refractivity contribution in [3.63, 3.8) is 0 Å². The summed E-state index contributed by atoms with van der Waals surface area (Å²) in [5.74, 6) is 1.21. The summed E-state index contributed by atoms with van der Waals surface area (Å²) >= 11 is 5.80. The first-order valence-corrected chi connectivity index (χ1v) is 6.28. The number of hydrogen-bond acceptors (Lipinski definition) is 3. The van der Waals surface area contributed by atoms with E-state index in [0.29, 0.717) is 11.9 Å². The van der Waals surface area contributed by atoms with Gasteiger partial charge in [0.25, 0.3) is 0 Å². The van der Waals surface area contributed by atoms with E-state index in [4.69, 9.17) is 11.6 Å². The van der Waals surface area contributed by atoms with Crippen LogP contribution in [0.1, 0.15) is 56.8 Å². The zero-order valence-electron chi connectivity index (χ0n) is 8.90. The van der Waals surface area contributed by atoms with Gasteiger partial charge in [-0.1, -0.05) is 32.1 Å². The molecule has 1 aromatic rings. The first kappa shape index (κ1) is 10.9. The number of nitrogens with zero attached hydrogens (tertiary/aromatic N) is 4. The Morgan fingerprint density at radius 2 is 1.80 bits per heavy atom. The topological polar surface area (TPSA) is 43.6 Å². The number of tetrazole rings is 1. The molecule has 15 heavy (non-hydrogen) atoms. The predicted octanol–water partition coefficient (Wildman–Crippen LogP) is 2.70. The third-order valence-electron chi connectivity index (χ3n) is 3.10. The maximum atomic E-state index is 5.80. The number of halogens is 1. The Balaban J connectivity index is 2.06. The highest BCUT2D eigenvalue weighted by molar-refractivity contribution is 6.16. The van der Waals surface area contributed by atoms with E-state index in [1.54, 1.807) is 0 Å². The van der Waals surface area contributed by atoms with E-state index in [9.17, 15) is 0 Å². The van der Waals surface area contributed by atoms with Crippen LogP contribution in [-0.2, 0) is 5.88 Å². The summed E-state index contributed by atoms with van der Waals surface area (Å²) in [6.07, 6.45) is 9.01. The average Bonchev–Trinajstić information content (AvgIpc) is 2.65. The van der Waals surface area contributed by atoms with Gasteiger partial charge in [0.2, 0.25) is 0 Å². The van der Waals surface area contributed by atoms with E-state index in [-0.39, 0.29) is 0 Å². The summed E-state index contributed by atoms with van der Waals surface area (Å²) in [6.45, 7) is 0. The van der Waals surface area contributed by atoms with Crippen LogP contribution in [0.4, 0.5) is 0 Å². The van der Waals surface area contributed by atoms with Crippen molar-refractivity contribution >= 4 is 11.6 Å². The van der Waals surface area contributed by atoms with Gasteiger partial charge in [0.05, 0.1) is 11.9 Å². The summed E-state index contributed by atoms with van der Waals surface area (Å²) in [5.41, 5.74) is 0. The molecular weight excluding hydrogens is 212 g/mol. The molecule has 0 aliphatic heterocycles. The summed E-state index contributed by atoms with van der Waals surface area (Å²) in [4.78, 5) is 0. The van der Waals surface area contributed by atoms with Gasteiger partial charge in [-0.25, -0.2) is 4.68 Å². The molecule has 1 aliphatic carbocycles. The average molecular weight is 229 g/mol. The first-order valence-electron chi connectivity index (χ1n) is 5.74. The zero-order chi connectivity index (χ0) is 10.5. The number of aromatic nitrogens is 4. The minimum absolute atomic E-state index is 0.406. The Hall–Kier alpha value is -0.640. The maximum absolute atomic E-state index is 5.80. The molecule has 0 spiro atoms. The van der Waals surface area contributed by atoms with E-state index >= 15 is 0 Å². The minimum Gasteiger partial charge on any atom is -0.225 e. The Morgan fingerprint density at radius 3 is 2.47 bits per heavy atom. The first-order chi connectivity index (χ1) is 7.42. The lowest BCUT2D eigenvalue weighted by Gasteiger charge is -2.20. The van der Waals surface area contributed by atoms with Crippen LogP contribution in [0.25, 0.3) is 0 Å². The molecule has 84 valence electrons. The highest BCUT2D eigenvalue weighted by atomic mass is 35.5. The number of hydrogen-bond donors (Lipinski definition) is 0. The lowest BCUT2D eigenvalue weighted by atomic mass is 9.97. The quantitative estimate of drug-likeness (QED) is 0.731. The van der Waals surface area contributed by atoms with Crippen LogP contribution in [0.15, 0.2) is 0 Å². The molecule has 0 unspecified atom stereocenters. The molecule has 0 bridgehead atoms. The van der Waals surface area contributed by atoms with Crippen LogP contribution in [-0.4, -0.2) is 20.2 Å². The summed E-state index contributed by atoms with van der Waals surface area (Å²) in [5, 5.41) is 11.7. The molecule has 1 aromatic heterocycles. The van der Waals surface area contributed by atoms with Crippen LogP contribution >= 0.6 is 11.6 Å². The van der Waals surface area contributed by atoms with Crippen LogP contribution in [0.2, 0.25) is 0 Å². The van der Waals surface area contributed by atoms with E-state index in [2.05, 4.69) is 15.5 Å². The van der Waals surface area contributed by atoms with Gasteiger partial charge in [0, 0.05) is 0 Å². The Kier molecular flexibility index (Phi) is 3.94. The van der Waals surface area contributed by atoms with Gasteiger partial charge in [-0.2, -0.15) is 0 Å². The second-order valence-corrected chi connectivity index (χ2v) is 4.44. The molecule has 0 aromatic carbocycles. The SMILES string of the molecule is ClCc1nnnn1C1CCCCCCC1. The normalized spacial score (nSPS) is 19.8. The third kappa shape index (κ3) is 2.68. The molecule has 4 nitrogen and oxygen atoms in total.